The van der Waals surface area contributed by atoms with Gasteiger partial charge in [0, 0.05) is 11.5 Å². The van der Waals surface area contributed by atoms with Crippen molar-refractivity contribution in [3.05, 3.63) is 24.0 Å². The Kier molecular flexibility index (Phi) is 4.08. The normalized spacial score (nSPS) is 17.3. The van der Waals surface area contributed by atoms with Crippen LogP contribution in [0.15, 0.2) is 22.7 Å². The molecule has 0 saturated heterocycles. The Balaban J connectivity index is 1.79. The molecule has 2 aromatic rings. The van der Waals surface area contributed by atoms with Gasteiger partial charge < -0.3 is 15.4 Å². The zero-order valence-electron chi connectivity index (χ0n) is 12.1. The summed E-state index contributed by atoms with van der Waals surface area (Å²) in [5.41, 5.74) is 6.77. The molecule has 1 saturated carbocycles. The number of nitrogens with two attached hydrogens (primary N) is 1. The highest BCUT2D eigenvalue weighted by Crippen LogP contribution is 2.31. The quantitative estimate of drug-likeness (QED) is 0.647. The smallest absolute Gasteiger partial charge is 0.258 e. The maximum absolute atomic E-state index is 9.47. The van der Waals surface area contributed by atoms with Gasteiger partial charge in [0.2, 0.25) is 0 Å². The molecule has 3 rings (SSSR count). The molecule has 0 spiro atoms. The van der Waals surface area contributed by atoms with Crippen molar-refractivity contribution in [3.8, 4) is 17.2 Å². The lowest BCUT2D eigenvalue weighted by atomic mass is 9.91. The lowest BCUT2D eigenvalue weighted by molar-refractivity contribution is 0.393. The minimum Gasteiger partial charge on any atom is -0.506 e. The first kappa shape index (κ1) is 13.9. The maximum atomic E-state index is 9.47. The first-order valence-electron chi connectivity index (χ1n) is 7.66. The van der Waals surface area contributed by atoms with Crippen molar-refractivity contribution in [1.82, 2.24) is 10.1 Å². The molecule has 21 heavy (non-hydrogen) atoms. The van der Waals surface area contributed by atoms with Crippen LogP contribution in [0, 0.1) is 0 Å². The lowest BCUT2D eigenvalue weighted by Gasteiger charge is -2.15. The molecular formula is C16H21N3O2. The number of benzene rings is 1. The third-order valence-electron chi connectivity index (χ3n) is 4.19. The van der Waals surface area contributed by atoms with Gasteiger partial charge in [0.25, 0.3) is 5.89 Å². The van der Waals surface area contributed by atoms with Gasteiger partial charge in [0.1, 0.15) is 5.75 Å². The second-order valence-corrected chi connectivity index (χ2v) is 5.77. The van der Waals surface area contributed by atoms with Crippen molar-refractivity contribution in [2.24, 2.45) is 0 Å². The highest BCUT2D eigenvalue weighted by Gasteiger charge is 2.20. The van der Waals surface area contributed by atoms with Crippen molar-refractivity contribution in [3.63, 3.8) is 0 Å². The van der Waals surface area contributed by atoms with E-state index >= 15 is 0 Å². The van der Waals surface area contributed by atoms with E-state index in [1.807, 2.05) is 0 Å². The molecule has 1 aromatic carbocycles. The second kappa shape index (κ2) is 6.16. The topological polar surface area (TPSA) is 85.2 Å². The third-order valence-corrected chi connectivity index (χ3v) is 4.19. The Morgan fingerprint density at radius 1 is 1.10 bits per heavy atom. The van der Waals surface area contributed by atoms with Crippen LogP contribution in [0.1, 0.15) is 56.7 Å². The van der Waals surface area contributed by atoms with Crippen LogP contribution in [0.2, 0.25) is 0 Å². The van der Waals surface area contributed by atoms with Crippen LogP contribution in [0.3, 0.4) is 0 Å². The number of aromatic hydroxyl groups is 1. The summed E-state index contributed by atoms with van der Waals surface area (Å²) in [6, 6.07) is 4.94. The van der Waals surface area contributed by atoms with E-state index in [1.54, 1.807) is 18.2 Å². The highest BCUT2D eigenvalue weighted by atomic mass is 16.5. The minimum atomic E-state index is 0.0681. The first-order chi connectivity index (χ1) is 10.2. The number of hydrogen-bond acceptors (Lipinski definition) is 5. The zero-order chi connectivity index (χ0) is 14.7. The number of anilines is 1. The summed E-state index contributed by atoms with van der Waals surface area (Å²) in [5.74, 6) is 1.74. The molecule has 0 bridgehead atoms. The van der Waals surface area contributed by atoms with Gasteiger partial charge in [-0.2, -0.15) is 4.98 Å². The van der Waals surface area contributed by atoms with E-state index in [1.165, 1.54) is 32.1 Å². The summed E-state index contributed by atoms with van der Waals surface area (Å²) in [6.45, 7) is 0. The SMILES string of the molecule is Nc1cc(-c2nc(C3CCCCCCC3)no2)ccc1O. The van der Waals surface area contributed by atoms with Crippen molar-refractivity contribution in [2.45, 2.75) is 50.9 Å². The maximum Gasteiger partial charge on any atom is 0.258 e. The van der Waals surface area contributed by atoms with Gasteiger partial charge in [-0.1, -0.05) is 37.3 Å². The van der Waals surface area contributed by atoms with Gasteiger partial charge in [-0.05, 0) is 31.0 Å². The highest BCUT2D eigenvalue weighted by molar-refractivity contribution is 5.64. The van der Waals surface area contributed by atoms with E-state index in [-0.39, 0.29) is 5.75 Å². The van der Waals surface area contributed by atoms with Gasteiger partial charge in [0.05, 0.1) is 5.69 Å². The average molecular weight is 287 g/mol. The molecule has 112 valence electrons. The van der Waals surface area contributed by atoms with Crippen molar-refractivity contribution < 1.29 is 9.63 Å². The summed E-state index contributed by atoms with van der Waals surface area (Å²) in [6.07, 6.45) is 8.69. The Morgan fingerprint density at radius 2 is 1.81 bits per heavy atom. The molecule has 1 aliphatic carbocycles. The predicted molar refractivity (Wildman–Crippen MR) is 80.9 cm³/mol. The van der Waals surface area contributed by atoms with Crippen LogP contribution >= 0.6 is 0 Å². The average Bonchev–Trinajstić information content (AvgIpc) is 2.91. The van der Waals surface area contributed by atoms with Crippen LogP contribution in [0.25, 0.3) is 11.5 Å². The number of phenols is 1. The van der Waals surface area contributed by atoms with E-state index in [2.05, 4.69) is 10.1 Å². The summed E-state index contributed by atoms with van der Waals surface area (Å²) in [4.78, 5) is 4.53. The Hall–Kier alpha value is -2.04. The summed E-state index contributed by atoms with van der Waals surface area (Å²) < 4.78 is 5.37. The van der Waals surface area contributed by atoms with Crippen molar-refractivity contribution in [2.75, 3.05) is 5.73 Å². The van der Waals surface area contributed by atoms with Crippen LogP contribution < -0.4 is 5.73 Å². The van der Waals surface area contributed by atoms with Gasteiger partial charge in [-0.15, -0.1) is 0 Å². The van der Waals surface area contributed by atoms with Gasteiger partial charge in [-0.25, -0.2) is 0 Å². The van der Waals surface area contributed by atoms with Crippen LogP contribution in [0.5, 0.6) is 5.75 Å². The van der Waals surface area contributed by atoms with Crippen molar-refractivity contribution >= 4 is 5.69 Å². The Morgan fingerprint density at radius 3 is 2.52 bits per heavy atom. The zero-order valence-corrected chi connectivity index (χ0v) is 12.1. The monoisotopic (exact) mass is 287 g/mol. The first-order valence-corrected chi connectivity index (χ1v) is 7.66. The summed E-state index contributed by atoms with van der Waals surface area (Å²) in [5, 5.41) is 13.6. The van der Waals surface area contributed by atoms with Gasteiger partial charge in [0.15, 0.2) is 5.82 Å². The molecule has 1 aliphatic rings. The molecule has 0 aliphatic heterocycles. The number of hydrogen-bond donors (Lipinski definition) is 2. The van der Waals surface area contributed by atoms with Crippen LogP contribution in [-0.2, 0) is 0 Å². The molecule has 0 radical (unpaired) electrons. The van der Waals surface area contributed by atoms with E-state index in [9.17, 15) is 5.11 Å². The Labute approximate surface area is 124 Å². The number of aromatic nitrogens is 2. The van der Waals surface area contributed by atoms with E-state index in [0.717, 1.165) is 24.2 Å². The largest absolute Gasteiger partial charge is 0.506 e. The molecule has 0 amide bonds. The molecule has 1 fully saturated rings. The lowest BCUT2D eigenvalue weighted by Crippen LogP contribution is -2.04. The fourth-order valence-electron chi connectivity index (χ4n) is 2.92. The molecule has 0 unspecified atom stereocenters. The molecule has 5 heteroatoms. The summed E-state index contributed by atoms with van der Waals surface area (Å²) >= 11 is 0. The van der Waals surface area contributed by atoms with Gasteiger partial charge in [-0.3, -0.25) is 0 Å². The third kappa shape index (κ3) is 3.17. The van der Waals surface area contributed by atoms with Crippen LogP contribution in [0.4, 0.5) is 5.69 Å². The Bertz CT molecular complexity index is 601. The standard InChI is InChI=1S/C16H21N3O2/c17-13-10-12(8-9-14(13)20)16-18-15(19-21-16)11-6-4-2-1-3-5-7-11/h8-11,20H,1-7,17H2. The fourth-order valence-corrected chi connectivity index (χ4v) is 2.92. The number of nitrogens with zero attached hydrogens (tertiary/aromatic N) is 2. The van der Waals surface area contributed by atoms with E-state index < -0.39 is 0 Å². The van der Waals surface area contributed by atoms with E-state index in [0.29, 0.717) is 17.5 Å². The minimum absolute atomic E-state index is 0.0681. The van der Waals surface area contributed by atoms with Crippen molar-refractivity contribution in [1.29, 1.82) is 0 Å². The van der Waals surface area contributed by atoms with Gasteiger partial charge >= 0.3 is 0 Å². The predicted octanol–water partition coefficient (Wildman–Crippen LogP) is 3.85. The molecule has 1 aromatic heterocycles. The fraction of sp³-hybridized carbons (Fsp3) is 0.500. The second-order valence-electron chi connectivity index (χ2n) is 5.77. The summed E-state index contributed by atoms with van der Waals surface area (Å²) in [7, 11) is 0. The number of rotatable bonds is 2. The van der Waals surface area contributed by atoms with E-state index in [4.69, 9.17) is 10.3 Å². The molecule has 1 heterocycles. The molecule has 0 atom stereocenters. The molecular weight excluding hydrogens is 266 g/mol. The number of nitrogen functional groups attached to an aromatic ring is 1. The van der Waals surface area contributed by atoms with Crippen LogP contribution in [-0.4, -0.2) is 15.2 Å². The molecule has 3 N–H and O–H groups in total. The molecule has 5 nitrogen and oxygen atoms in total. The number of phenolic OH excluding ortho intramolecular Hbond substituents is 1.